The van der Waals surface area contributed by atoms with E-state index in [0.29, 0.717) is 29.4 Å². The van der Waals surface area contributed by atoms with Crippen LogP contribution in [0.2, 0.25) is 5.02 Å². The van der Waals surface area contributed by atoms with Crippen LogP contribution in [-0.2, 0) is 20.6 Å². The van der Waals surface area contributed by atoms with Crippen LogP contribution in [0.5, 0.6) is 5.75 Å². The molecule has 0 unspecified atom stereocenters. The molecule has 0 N–H and O–H groups in total. The van der Waals surface area contributed by atoms with Gasteiger partial charge in [-0.05, 0) is 29.8 Å². The molecule has 1 heterocycles. The molecule has 0 saturated carbocycles. The first-order valence-electron chi connectivity index (χ1n) is 9.21. The second-order valence-corrected chi connectivity index (χ2v) is 9.09. The lowest BCUT2D eigenvalue weighted by molar-refractivity contribution is -0.127. The Morgan fingerprint density at radius 1 is 1.10 bits per heavy atom. The highest BCUT2D eigenvalue weighted by molar-refractivity contribution is 7.88. The Labute approximate surface area is 176 Å². The van der Waals surface area contributed by atoms with Crippen LogP contribution in [0.1, 0.15) is 11.1 Å². The highest BCUT2D eigenvalue weighted by atomic mass is 35.5. The summed E-state index contributed by atoms with van der Waals surface area (Å²) in [6, 6.07) is 14.3. The van der Waals surface area contributed by atoms with Gasteiger partial charge in [0.25, 0.3) is 0 Å². The van der Waals surface area contributed by atoms with Crippen LogP contribution in [0, 0.1) is 0 Å². The number of hydrogen-bond acceptors (Lipinski definition) is 4. The van der Waals surface area contributed by atoms with Crippen LogP contribution in [0.4, 0.5) is 0 Å². The number of piperazine rings is 1. The minimum atomic E-state index is -3.41. The van der Waals surface area contributed by atoms with Crippen molar-refractivity contribution in [2.45, 2.75) is 5.75 Å². The molecule has 3 rings (SSSR count). The van der Waals surface area contributed by atoms with E-state index >= 15 is 0 Å². The van der Waals surface area contributed by atoms with E-state index in [1.165, 1.54) is 10.4 Å². The number of benzene rings is 2. The van der Waals surface area contributed by atoms with E-state index in [-0.39, 0.29) is 24.7 Å². The van der Waals surface area contributed by atoms with Gasteiger partial charge in [0, 0.05) is 42.8 Å². The third-order valence-corrected chi connectivity index (χ3v) is 6.82. The van der Waals surface area contributed by atoms with Gasteiger partial charge in [-0.25, -0.2) is 8.42 Å². The van der Waals surface area contributed by atoms with Gasteiger partial charge in [0.1, 0.15) is 5.75 Å². The van der Waals surface area contributed by atoms with Gasteiger partial charge >= 0.3 is 0 Å². The molecule has 1 aliphatic rings. The molecular weight excluding hydrogens is 412 g/mol. The van der Waals surface area contributed by atoms with Gasteiger partial charge < -0.3 is 9.64 Å². The Hall–Kier alpha value is -2.35. The number of ether oxygens (including phenoxy) is 1. The third kappa shape index (κ3) is 5.59. The molecule has 0 radical (unpaired) electrons. The van der Waals surface area contributed by atoms with E-state index in [0.717, 1.165) is 5.56 Å². The topological polar surface area (TPSA) is 66.9 Å². The van der Waals surface area contributed by atoms with Crippen LogP contribution < -0.4 is 4.74 Å². The lowest BCUT2D eigenvalue weighted by Crippen LogP contribution is -2.50. The summed E-state index contributed by atoms with van der Waals surface area (Å²) in [5.74, 6) is 0.415. The number of methoxy groups -OCH3 is 1. The van der Waals surface area contributed by atoms with E-state index in [2.05, 4.69) is 0 Å². The summed E-state index contributed by atoms with van der Waals surface area (Å²) >= 11 is 6.01. The Morgan fingerprint density at radius 2 is 1.79 bits per heavy atom. The van der Waals surface area contributed by atoms with Gasteiger partial charge in [-0.3, -0.25) is 4.79 Å². The second-order valence-electron chi connectivity index (χ2n) is 6.69. The van der Waals surface area contributed by atoms with E-state index in [1.54, 1.807) is 48.4 Å². The molecule has 1 fully saturated rings. The molecule has 0 aromatic heterocycles. The Kier molecular flexibility index (Phi) is 6.95. The second kappa shape index (κ2) is 9.43. The minimum Gasteiger partial charge on any atom is -0.496 e. The SMILES string of the molecule is COc1ccc(Cl)cc1C=CC(=O)N1CCN(S(=O)(=O)Cc2ccccc2)CC1. The predicted octanol–water partition coefficient (Wildman–Crippen LogP) is 3.04. The minimum absolute atomic E-state index is 0.0315. The Bertz CT molecular complexity index is 985. The van der Waals surface area contributed by atoms with Crippen molar-refractivity contribution in [1.82, 2.24) is 9.21 Å². The van der Waals surface area contributed by atoms with Crippen molar-refractivity contribution >= 4 is 33.6 Å². The fourth-order valence-corrected chi connectivity index (χ4v) is 4.86. The predicted molar refractivity (Wildman–Crippen MR) is 114 cm³/mol. The zero-order chi connectivity index (χ0) is 20.9. The zero-order valence-electron chi connectivity index (χ0n) is 16.1. The molecule has 1 saturated heterocycles. The van der Waals surface area contributed by atoms with Crippen molar-refractivity contribution < 1.29 is 17.9 Å². The largest absolute Gasteiger partial charge is 0.496 e. The van der Waals surface area contributed by atoms with Gasteiger partial charge in [-0.2, -0.15) is 4.31 Å². The first kappa shape index (κ1) is 21.4. The van der Waals surface area contributed by atoms with Crippen LogP contribution in [-0.4, -0.2) is 56.8 Å². The zero-order valence-corrected chi connectivity index (χ0v) is 17.7. The lowest BCUT2D eigenvalue weighted by Gasteiger charge is -2.33. The molecule has 0 aliphatic carbocycles. The molecule has 29 heavy (non-hydrogen) atoms. The van der Waals surface area contributed by atoms with Gasteiger partial charge in [0.2, 0.25) is 15.9 Å². The van der Waals surface area contributed by atoms with E-state index < -0.39 is 10.0 Å². The molecular formula is C21H23ClN2O4S. The number of halogens is 1. The number of hydrogen-bond donors (Lipinski definition) is 0. The van der Waals surface area contributed by atoms with E-state index in [4.69, 9.17) is 16.3 Å². The fourth-order valence-electron chi connectivity index (χ4n) is 3.16. The van der Waals surface area contributed by atoms with Crippen LogP contribution in [0.3, 0.4) is 0 Å². The van der Waals surface area contributed by atoms with Crippen molar-refractivity contribution in [3.63, 3.8) is 0 Å². The molecule has 0 spiro atoms. The van der Waals surface area contributed by atoms with Crippen molar-refractivity contribution in [2.75, 3.05) is 33.3 Å². The maximum absolute atomic E-state index is 12.6. The number of rotatable bonds is 6. The van der Waals surface area contributed by atoms with Crippen LogP contribution in [0.25, 0.3) is 6.08 Å². The van der Waals surface area contributed by atoms with Crippen LogP contribution >= 0.6 is 11.6 Å². The number of carbonyl (C=O) groups is 1. The first-order chi connectivity index (χ1) is 13.9. The summed E-state index contributed by atoms with van der Waals surface area (Å²) in [6.45, 7) is 1.28. The van der Waals surface area contributed by atoms with Gasteiger partial charge in [-0.15, -0.1) is 0 Å². The van der Waals surface area contributed by atoms with Crippen molar-refractivity contribution in [3.8, 4) is 5.75 Å². The molecule has 154 valence electrons. The van der Waals surface area contributed by atoms with E-state index in [1.807, 2.05) is 18.2 Å². The average molecular weight is 435 g/mol. The maximum atomic E-state index is 12.6. The Balaban J connectivity index is 1.59. The quantitative estimate of drug-likeness (QED) is 0.655. The first-order valence-corrected chi connectivity index (χ1v) is 11.2. The van der Waals surface area contributed by atoms with Gasteiger partial charge in [0.05, 0.1) is 12.9 Å². The number of amides is 1. The summed E-state index contributed by atoms with van der Waals surface area (Å²) in [5, 5.41) is 0.551. The molecule has 8 heteroatoms. The highest BCUT2D eigenvalue weighted by Gasteiger charge is 2.28. The summed E-state index contributed by atoms with van der Waals surface area (Å²) in [5.41, 5.74) is 1.46. The smallest absolute Gasteiger partial charge is 0.246 e. The average Bonchev–Trinajstić information content (AvgIpc) is 2.72. The van der Waals surface area contributed by atoms with Crippen molar-refractivity contribution in [2.24, 2.45) is 0 Å². The number of sulfonamides is 1. The molecule has 6 nitrogen and oxygen atoms in total. The molecule has 1 amide bonds. The lowest BCUT2D eigenvalue weighted by atomic mass is 10.2. The standard InChI is InChI=1S/C21H23ClN2O4S/c1-28-20-9-8-19(22)15-18(20)7-10-21(25)23-11-13-24(14-12-23)29(26,27)16-17-5-3-2-4-6-17/h2-10,15H,11-14,16H2,1H3. The normalized spacial score (nSPS) is 15.6. The highest BCUT2D eigenvalue weighted by Crippen LogP contribution is 2.24. The molecule has 1 aliphatic heterocycles. The summed E-state index contributed by atoms with van der Waals surface area (Å²) in [7, 11) is -1.86. The molecule has 2 aromatic rings. The van der Waals surface area contributed by atoms with Crippen molar-refractivity contribution in [3.05, 3.63) is 70.8 Å². The maximum Gasteiger partial charge on any atom is 0.246 e. The van der Waals surface area contributed by atoms with Crippen LogP contribution in [0.15, 0.2) is 54.6 Å². The number of nitrogens with zero attached hydrogens (tertiary/aromatic N) is 2. The monoisotopic (exact) mass is 434 g/mol. The number of carbonyl (C=O) groups excluding carboxylic acids is 1. The Morgan fingerprint density at radius 3 is 2.45 bits per heavy atom. The van der Waals surface area contributed by atoms with Gasteiger partial charge in [-0.1, -0.05) is 41.9 Å². The summed E-state index contributed by atoms with van der Waals surface area (Å²) in [4.78, 5) is 14.1. The molecule has 0 atom stereocenters. The van der Waals surface area contributed by atoms with E-state index in [9.17, 15) is 13.2 Å². The van der Waals surface area contributed by atoms with Gasteiger partial charge in [0.15, 0.2) is 0 Å². The summed E-state index contributed by atoms with van der Waals surface area (Å²) < 4.78 is 32.0. The summed E-state index contributed by atoms with van der Waals surface area (Å²) in [6.07, 6.45) is 3.12. The van der Waals surface area contributed by atoms with Crippen molar-refractivity contribution in [1.29, 1.82) is 0 Å². The third-order valence-electron chi connectivity index (χ3n) is 4.73. The fraction of sp³-hybridized carbons (Fsp3) is 0.286. The molecule has 2 aromatic carbocycles. The molecule has 0 bridgehead atoms.